The van der Waals surface area contributed by atoms with Crippen LogP contribution >= 0.6 is 0 Å². The minimum absolute atomic E-state index is 0.000760. The Kier molecular flexibility index (Phi) is 5.05. The van der Waals surface area contributed by atoms with E-state index in [1.165, 1.54) is 0 Å². The van der Waals surface area contributed by atoms with Gasteiger partial charge in [-0.2, -0.15) is 18.4 Å². The summed E-state index contributed by atoms with van der Waals surface area (Å²) in [5.74, 6) is 0.226. The van der Waals surface area contributed by atoms with Crippen molar-refractivity contribution in [2.45, 2.75) is 56.3 Å². The Morgan fingerprint density at radius 3 is 2.70 bits per heavy atom. The molecule has 1 aromatic carbocycles. The summed E-state index contributed by atoms with van der Waals surface area (Å²) < 4.78 is 36.4. The highest BCUT2D eigenvalue weighted by molar-refractivity contribution is 7.89. The summed E-state index contributed by atoms with van der Waals surface area (Å²) in [6.45, 7) is 2.31. The number of nitrogens with zero attached hydrogens (tertiary/aromatic N) is 1. The molecule has 7 nitrogen and oxygen atoms in total. The Morgan fingerprint density at radius 2 is 1.96 bits per heavy atom. The zero-order valence-corrected chi connectivity index (χ0v) is 16.1. The van der Waals surface area contributed by atoms with Gasteiger partial charge in [-0.1, -0.05) is 24.1 Å². The maximum Gasteiger partial charge on any atom is 0.276 e. The van der Waals surface area contributed by atoms with Crippen molar-refractivity contribution in [3.63, 3.8) is 0 Å². The zero-order chi connectivity index (χ0) is 19.0. The van der Waals surface area contributed by atoms with Crippen molar-refractivity contribution in [2.24, 2.45) is 16.9 Å². The number of aryl methyl sites for hydroxylation is 1. The van der Waals surface area contributed by atoms with E-state index in [1.807, 2.05) is 6.92 Å². The molecule has 1 aliphatic carbocycles. The Morgan fingerprint density at radius 1 is 1.19 bits per heavy atom. The molecule has 2 aliphatic heterocycles. The largest absolute Gasteiger partial charge is 0.345 e. The fourth-order valence-electron chi connectivity index (χ4n) is 4.14. The van der Waals surface area contributed by atoms with Crippen LogP contribution in [0.4, 0.5) is 0 Å². The van der Waals surface area contributed by atoms with E-state index in [1.54, 1.807) is 24.3 Å². The van der Waals surface area contributed by atoms with Crippen molar-refractivity contribution in [1.82, 2.24) is 4.83 Å². The van der Waals surface area contributed by atoms with E-state index in [9.17, 15) is 13.2 Å². The molecule has 2 saturated heterocycles. The summed E-state index contributed by atoms with van der Waals surface area (Å²) in [6, 6.07) is 6.56. The quantitative estimate of drug-likeness (QED) is 0.793. The second-order valence-corrected chi connectivity index (χ2v) is 9.20. The van der Waals surface area contributed by atoms with Crippen LogP contribution in [-0.2, 0) is 24.3 Å². The molecule has 3 aliphatic rings. The molecule has 1 N–H and O–H groups in total. The zero-order valence-electron chi connectivity index (χ0n) is 15.3. The molecule has 0 radical (unpaired) electrons. The van der Waals surface area contributed by atoms with Crippen LogP contribution in [0.5, 0.6) is 0 Å². The molecular formula is C19H24N2O5S. The first-order valence-electron chi connectivity index (χ1n) is 9.39. The molecule has 1 aromatic rings. The van der Waals surface area contributed by atoms with Gasteiger partial charge < -0.3 is 9.47 Å². The molecule has 4 rings (SSSR count). The number of ketones is 1. The van der Waals surface area contributed by atoms with Crippen LogP contribution in [-0.4, -0.2) is 38.9 Å². The van der Waals surface area contributed by atoms with Crippen LogP contribution in [0.1, 0.15) is 37.7 Å². The van der Waals surface area contributed by atoms with E-state index in [-0.39, 0.29) is 28.6 Å². The first-order valence-corrected chi connectivity index (χ1v) is 10.9. The summed E-state index contributed by atoms with van der Waals surface area (Å²) >= 11 is 0. The SMILES string of the molecule is Cc1ccc(S(=O)(=O)NN=C2C[C@H](C3CCCCC3=O)[C@H]3CO[C@@H]2O3)cc1. The molecular weight excluding hydrogens is 368 g/mol. The number of Topliss-reactive ketones (excluding diaryl/α,β-unsaturated/α-hetero) is 1. The minimum atomic E-state index is -3.76. The van der Waals surface area contributed by atoms with Crippen molar-refractivity contribution in [3.8, 4) is 0 Å². The van der Waals surface area contributed by atoms with Gasteiger partial charge in [0.2, 0.25) is 0 Å². The number of nitrogens with one attached hydrogen (secondary N) is 1. The number of hydrogen-bond acceptors (Lipinski definition) is 6. The number of benzene rings is 1. The van der Waals surface area contributed by atoms with Crippen LogP contribution in [0.25, 0.3) is 0 Å². The van der Waals surface area contributed by atoms with Crippen molar-refractivity contribution < 1.29 is 22.7 Å². The molecule has 1 unspecified atom stereocenters. The maximum absolute atomic E-state index is 12.5. The van der Waals surface area contributed by atoms with Gasteiger partial charge in [0.15, 0.2) is 6.29 Å². The van der Waals surface area contributed by atoms with E-state index in [0.717, 1.165) is 24.8 Å². The Bertz CT molecular complexity index is 849. The molecule has 2 heterocycles. The predicted molar refractivity (Wildman–Crippen MR) is 98.6 cm³/mol. The van der Waals surface area contributed by atoms with Crippen molar-refractivity contribution in [1.29, 1.82) is 0 Å². The molecule has 146 valence electrons. The third-order valence-corrected chi connectivity index (χ3v) is 6.89. The summed E-state index contributed by atoms with van der Waals surface area (Å²) in [5.41, 5.74) is 1.48. The standard InChI is InChI=1S/C19H24N2O5S/c1-12-6-8-13(9-7-12)27(23,24)21-20-16-10-15(18-11-25-19(16)26-18)14-4-2-3-5-17(14)22/h6-9,14-15,18-19,21H,2-5,10-11H2,1H3/t14?,15-,18-,19-/m1/s1. The fraction of sp³-hybridized carbons (Fsp3) is 0.579. The number of hydrogen-bond donors (Lipinski definition) is 1. The molecule has 3 fully saturated rings. The van der Waals surface area contributed by atoms with E-state index in [4.69, 9.17) is 9.47 Å². The highest BCUT2D eigenvalue weighted by atomic mass is 32.2. The highest BCUT2D eigenvalue weighted by Gasteiger charge is 2.47. The van der Waals surface area contributed by atoms with Gasteiger partial charge in [0.1, 0.15) is 5.78 Å². The molecule has 27 heavy (non-hydrogen) atoms. The summed E-state index contributed by atoms with van der Waals surface area (Å²) in [4.78, 5) is 14.8. The molecule has 8 heteroatoms. The van der Waals surface area contributed by atoms with Crippen LogP contribution in [0, 0.1) is 18.8 Å². The molecule has 0 aromatic heterocycles. The Balaban J connectivity index is 1.52. The number of carbonyl (C=O) groups is 1. The number of ether oxygens (including phenoxy) is 2. The molecule has 4 atom stereocenters. The Hall–Kier alpha value is -1.77. The second-order valence-electron chi connectivity index (χ2n) is 7.54. The van der Waals surface area contributed by atoms with Crippen molar-refractivity contribution in [2.75, 3.05) is 6.61 Å². The van der Waals surface area contributed by atoms with Gasteiger partial charge in [0, 0.05) is 18.3 Å². The number of fused-ring (bicyclic) bond motifs is 2. The third-order valence-electron chi connectivity index (χ3n) is 5.66. The normalized spacial score (nSPS) is 32.6. The molecule has 0 spiro atoms. The highest BCUT2D eigenvalue weighted by Crippen LogP contribution is 2.39. The van der Waals surface area contributed by atoms with Gasteiger partial charge in [-0.15, -0.1) is 0 Å². The number of sulfonamides is 1. The number of rotatable bonds is 4. The maximum atomic E-state index is 12.5. The van der Waals surface area contributed by atoms with Crippen molar-refractivity contribution >= 4 is 21.5 Å². The van der Waals surface area contributed by atoms with Crippen LogP contribution in [0.15, 0.2) is 34.3 Å². The average Bonchev–Trinajstić information content (AvgIpc) is 3.07. The summed E-state index contributed by atoms with van der Waals surface area (Å²) in [5, 5.41) is 4.12. The van der Waals surface area contributed by atoms with Gasteiger partial charge in [-0.05, 0) is 38.3 Å². The average molecular weight is 392 g/mol. The second kappa shape index (κ2) is 7.33. The number of hydrazone groups is 1. The van der Waals surface area contributed by atoms with Gasteiger partial charge in [0.25, 0.3) is 10.0 Å². The van der Waals surface area contributed by atoms with E-state index >= 15 is 0 Å². The predicted octanol–water partition coefficient (Wildman–Crippen LogP) is 2.15. The van der Waals surface area contributed by atoms with Gasteiger partial charge >= 0.3 is 0 Å². The molecule has 1 saturated carbocycles. The number of carbonyl (C=O) groups excluding carboxylic acids is 1. The summed E-state index contributed by atoms with van der Waals surface area (Å²) in [6.07, 6.45) is 3.23. The summed E-state index contributed by atoms with van der Waals surface area (Å²) in [7, 11) is -3.76. The van der Waals surface area contributed by atoms with Crippen LogP contribution in [0.3, 0.4) is 0 Å². The van der Waals surface area contributed by atoms with E-state index < -0.39 is 16.3 Å². The lowest BCUT2D eigenvalue weighted by Crippen LogP contribution is -2.43. The lowest BCUT2D eigenvalue weighted by atomic mass is 9.74. The van der Waals surface area contributed by atoms with E-state index in [0.29, 0.717) is 25.2 Å². The third kappa shape index (κ3) is 3.79. The van der Waals surface area contributed by atoms with Gasteiger partial charge in [-0.3, -0.25) is 4.79 Å². The van der Waals surface area contributed by atoms with Crippen molar-refractivity contribution in [3.05, 3.63) is 29.8 Å². The van der Waals surface area contributed by atoms with E-state index in [2.05, 4.69) is 9.93 Å². The molecule has 2 bridgehead atoms. The smallest absolute Gasteiger partial charge is 0.276 e. The topological polar surface area (TPSA) is 94.1 Å². The van der Waals surface area contributed by atoms with Crippen LogP contribution < -0.4 is 4.83 Å². The first-order chi connectivity index (χ1) is 12.9. The van der Waals surface area contributed by atoms with Crippen LogP contribution in [0.2, 0.25) is 0 Å². The fourth-order valence-corrected chi connectivity index (χ4v) is 4.98. The lowest BCUT2D eigenvalue weighted by molar-refractivity contribution is -0.129. The van der Waals surface area contributed by atoms with Gasteiger partial charge in [-0.25, -0.2) is 0 Å². The Labute approximate surface area is 159 Å². The monoisotopic (exact) mass is 392 g/mol. The lowest BCUT2D eigenvalue weighted by Gasteiger charge is -2.35. The minimum Gasteiger partial charge on any atom is -0.345 e. The molecule has 0 amide bonds. The first kappa shape index (κ1) is 18.6. The van der Waals surface area contributed by atoms with Gasteiger partial charge in [0.05, 0.1) is 23.3 Å².